The lowest BCUT2D eigenvalue weighted by Crippen LogP contribution is -2.09. The number of aliphatic carboxylic acids is 1. The molecule has 0 amide bonds. The second kappa shape index (κ2) is 10.5. The Morgan fingerprint density at radius 2 is 1.88 bits per heavy atom. The molecule has 2 N–H and O–H groups in total. The van der Waals surface area contributed by atoms with E-state index in [1.165, 1.54) is 0 Å². The quantitative estimate of drug-likeness (QED) is 0.357. The number of aromatic amines is 1. The minimum atomic E-state index is -0.924. The maximum Gasteiger partial charge on any atom is 0.331 e. The van der Waals surface area contributed by atoms with E-state index in [0.29, 0.717) is 24.4 Å². The third-order valence-electron chi connectivity index (χ3n) is 5.47. The molecule has 4 rings (SSSR count). The summed E-state index contributed by atoms with van der Waals surface area (Å²) in [6.07, 6.45) is 6.79. The van der Waals surface area contributed by atoms with Gasteiger partial charge in [-0.25, -0.2) is 14.9 Å². The highest BCUT2D eigenvalue weighted by molar-refractivity contribution is 5.92. The second-order valence-electron chi connectivity index (χ2n) is 7.87. The standard InChI is InChI=1S/C25H26N6O2/c1-2-3-9-23-26-16-22(15-21(25(32)33)14-18-7-5-4-6-8-18)31(23)17-19-10-12-20(13-11-19)24-27-29-30-28-24/h4-8,10-13,15-16H,2-3,9,14,17H2,1H3,(H,32,33)(H,27,28,29,30)/b21-15+. The first-order valence-electron chi connectivity index (χ1n) is 11.0. The van der Waals surface area contributed by atoms with Crippen molar-refractivity contribution in [2.24, 2.45) is 0 Å². The molecule has 8 nitrogen and oxygen atoms in total. The van der Waals surface area contributed by atoms with Crippen molar-refractivity contribution >= 4 is 12.0 Å². The van der Waals surface area contributed by atoms with E-state index in [9.17, 15) is 9.90 Å². The zero-order valence-electron chi connectivity index (χ0n) is 18.5. The van der Waals surface area contributed by atoms with Crippen LogP contribution in [0.5, 0.6) is 0 Å². The number of imidazole rings is 1. The average Bonchev–Trinajstić information content (AvgIpc) is 3.49. The fraction of sp³-hybridized carbons (Fsp3) is 0.240. The van der Waals surface area contributed by atoms with Gasteiger partial charge in [-0.15, -0.1) is 5.10 Å². The first-order chi connectivity index (χ1) is 16.1. The van der Waals surface area contributed by atoms with Gasteiger partial charge in [0.25, 0.3) is 0 Å². The van der Waals surface area contributed by atoms with Crippen LogP contribution in [0, 0.1) is 0 Å². The summed E-state index contributed by atoms with van der Waals surface area (Å²) in [4.78, 5) is 16.6. The zero-order chi connectivity index (χ0) is 23.0. The molecular formula is C25H26N6O2. The highest BCUT2D eigenvalue weighted by Crippen LogP contribution is 2.20. The van der Waals surface area contributed by atoms with E-state index in [1.54, 1.807) is 12.3 Å². The van der Waals surface area contributed by atoms with Crippen LogP contribution >= 0.6 is 0 Å². The van der Waals surface area contributed by atoms with Crippen LogP contribution in [0.2, 0.25) is 0 Å². The Labute approximate surface area is 192 Å². The Balaban J connectivity index is 1.64. The Bertz CT molecular complexity index is 1210. The summed E-state index contributed by atoms with van der Waals surface area (Å²) in [6.45, 7) is 2.74. The van der Waals surface area contributed by atoms with Crippen LogP contribution in [0.4, 0.5) is 0 Å². The fourth-order valence-corrected chi connectivity index (χ4v) is 3.68. The Hall–Kier alpha value is -4.07. The summed E-state index contributed by atoms with van der Waals surface area (Å²) in [6, 6.07) is 17.6. The van der Waals surface area contributed by atoms with Gasteiger partial charge >= 0.3 is 5.97 Å². The van der Waals surface area contributed by atoms with Crippen LogP contribution in [0.3, 0.4) is 0 Å². The molecule has 0 aliphatic carbocycles. The molecule has 0 saturated heterocycles. The van der Waals surface area contributed by atoms with Gasteiger partial charge in [-0.05, 0) is 34.1 Å². The Kier molecular flexibility index (Phi) is 7.04. The van der Waals surface area contributed by atoms with E-state index in [2.05, 4.69) is 37.1 Å². The normalized spacial score (nSPS) is 11.6. The highest BCUT2D eigenvalue weighted by Gasteiger charge is 2.14. The van der Waals surface area contributed by atoms with Crippen molar-refractivity contribution in [1.82, 2.24) is 30.2 Å². The van der Waals surface area contributed by atoms with E-state index >= 15 is 0 Å². The minimum absolute atomic E-state index is 0.331. The van der Waals surface area contributed by atoms with E-state index in [-0.39, 0.29) is 0 Å². The number of rotatable bonds is 10. The SMILES string of the molecule is CCCCc1ncc(/C=C(\Cc2ccccc2)C(=O)O)n1Cc1ccc(-c2nnn[nH]2)cc1. The smallest absolute Gasteiger partial charge is 0.331 e. The van der Waals surface area contributed by atoms with Crippen molar-refractivity contribution in [2.45, 2.75) is 39.2 Å². The van der Waals surface area contributed by atoms with Crippen molar-refractivity contribution in [3.8, 4) is 11.4 Å². The maximum absolute atomic E-state index is 12.0. The van der Waals surface area contributed by atoms with Gasteiger partial charge in [0.15, 0.2) is 5.82 Å². The third-order valence-corrected chi connectivity index (χ3v) is 5.47. The van der Waals surface area contributed by atoms with Crippen LogP contribution in [-0.4, -0.2) is 41.3 Å². The van der Waals surface area contributed by atoms with Gasteiger partial charge in [0.2, 0.25) is 0 Å². The van der Waals surface area contributed by atoms with E-state index < -0.39 is 5.97 Å². The average molecular weight is 443 g/mol. The molecule has 0 aliphatic rings. The molecule has 33 heavy (non-hydrogen) atoms. The lowest BCUT2D eigenvalue weighted by atomic mass is 10.0. The van der Waals surface area contributed by atoms with Crippen molar-refractivity contribution in [3.63, 3.8) is 0 Å². The predicted octanol–water partition coefficient (Wildman–Crippen LogP) is 4.16. The van der Waals surface area contributed by atoms with E-state index in [4.69, 9.17) is 0 Å². The number of unbranched alkanes of at least 4 members (excludes halogenated alkanes) is 1. The summed E-state index contributed by atoms with van der Waals surface area (Å²) in [5.74, 6) is 0.645. The molecule has 0 radical (unpaired) electrons. The largest absolute Gasteiger partial charge is 0.478 e. The van der Waals surface area contributed by atoms with Crippen molar-refractivity contribution in [1.29, 1.82) is 0 Å². The topological polar surface area (TPSA) is 110 Å². The number of H-pyrrole nitrogens is 1. The van der Waals surface area contributed by atoms with Crippen molar-refractivity contribution in [3.05, 3.63) is 89.0 Å². The summed E-state index contributed by atoms with van der Waals surface area (Å²) in [5, 5.41) is 23.8. The summed E-state index contributed by atoms with van der Waals surface area (Å²) in [5.41, 5.74) is 4.06. The number of nitrogens with zero attached hydrogens (tertiary/aromatic N) is 5. The molecule has 2 heterocycles. The summed E-state index contributed by atoms with van der Waals surface area (Å²) < 4.78 is 2.11. The van der Waals surface area contributed by atoms with Crippen molar-refractivity contribution < 1.29 is 9.90 Å². The predicted molar refractivity (Wildman–Crippen MR) is 125 cm³/mol. The lowest BCUT2D eigenvalue weighted by Gasteiger charge is -2.12. The molecule has 8 heteroatoms. The monoisotopic (exact) mass is 442 g/mol. The molecule has 0 atom stereocenters. The molecule has 168 valence electrons. The molecule has 0 aliphatic heterocycles. The molecule has 2 aromatic carbocycles. The number of benzene rings is 2. The molecule has 2 aromatic heterocycles. The zero-order valence-corrected chi connectivity index (χ0v) is 18.5. The first-order valence-corrected chi connectivity index (χ1v) is 11.0. The minimum Gasteiger partial charge on any atom is -0.478 e. The van der Waals surface area contributed by atoms with Gasteiger partial charge < -0.3 is 9.67 Å². The Morgan fingerprint density at radius 3 is 2.55 bits per heavy atom. The Morgan fingerprint density at radius 1 is 1.09 bits per heavy atom. The first kappa shape index (κ1) is 22.1. The fourth-order valence-electron chi connectivity index (χ4n) is 3.68. The molecular weight excluding hydrogens is 416 g/mol. The van der Waals surface area contributed by atoms with E-state index in [0.717, 1.165) is 47.5 Å². The number of hydrogen-bond acceptors (Lipinski definition) is 5. The number of aryl methyl sites for hydroxylation is 1. The second-order valence-corrected chi connectivity index (χ2v) is 7.87. The molecule has 4 aromatic rings. The number of tetrazole rings is 1. The van der Waals surface area contributed by atoms with Gasteiger partial charge in [0.1, 0.15) is 5.82 Å². The van der Waals surface area contributed by atoms with Crippen molar-refractivity contribution in [2.75, 3.05) is 0 Å². The molecule has 0 spiro atoms. The van der Waals surface area contributed by atoms with Crippen LogP contribution in [-0.2, 0) is 24.2 Å². The molecule has 0 unspecified atom stereocenters. The number of carbonyl (C=O) groups is 1. The molecule has 0 fully saturated rings. The molecule has 0 bridgehead atoms. The van der Waals surface area contributed by atoms with Gasteiger partial charge in [-0.1, -0.05) is 67.9 Å². The number of nitrogens with one attached hydrogen (secondary N) is 1. The number of carboxylic acid groups (broad SMARTS) is 1. The van der Waals surface area contributed by atoms with Gasteiger partial charge in [0, 0.05) is 30.5 Å². The lowest BCUT2D eigenvalue weighted by molar-refractivity contribution is -0.132. The van der Waals surface area contributed by atoms with Crippen LogP contribution < -0.4 is 0 Å². The van der Waals surface area contributed by atoms with Gasteiger partial charge in [-0.2, -0.15) is 0 Å². The summed E-state index contributed by atoms with van der Waals surface area (Å²) >= 11 is 0. The number of aromatic nitrogens is 6. The van der Waals surface area contributed by atoms with Crippen LogP contribution in [0.15, 0.2) is 66.4 Å². The van der Waals surface area contributed by atoms with Crippen LogP contribution in [0.1, 0.15) is 42.4 Å². The maximum atomic E-state index is 12.0. The number of hydrogen-bond donors (Lipinski definition) is 2. The van der Waals surface area contributed by atoms with Gasteiger partial charge in [0.05, 0.1) is 11.9 Å². The summed E-state index contributed by atoms with van der Waals surface area (Å²) in [7, 11) is 0. The van der Waals surface area contributed by atoms with E-state index in [1.807, 2.05) is 54.6 Å². The third kappa shape index (κ3) is 5.60. The highest BCUT2D eigenvalue weighted by atomic mass is 16.4. The van der Waals surface area contributed by atoms with Gasteiger partial charge in [-0.3, -0.25) is 0 Å². The van der Waals surface area contributed by atoms with Crippen LogP contribution in [0.25, 0.3) is 17.5 Å². The number of carboxylic acids is 1. The molecule has 0 saturated carbocycles.